The summed E-state index contributed by atoms with van der Waals surface area (Å²) in [5.74, 6) is 0.969. The quantitative estimate of drug-likeness (QED) is 0.421. The average Bonchev–Trinajstić information content (AvgIpc) is 2.52. The zero-order valence-electron chi connectivity index (χ0n) is 20.9. The van der Waals surface area contributed by atoms with Crippen molar-refractivity contribution >= 4 is 0 Å². The van der Waals surface area contributed by atoms with E-state index in [-0.39, 0.29) is 21.7 Å². The van der Waals surface area contributed by atoms with E-state index in [0.717, 1.165) is 31.7 Å². The second kappa shape index (κ2) is 8.78. The van der Waals surface area contributed by atoms with Gasteiger partial charge in [-0.1, -0.05) is 89.2 Å². The van der Waals surface area contributed by atoms with E-state index in [9.17, 15) is 0 Å². The van der Waals surface area contributed by atoms with Crippen molar-refractivity contribution in [2.75, 3.05) is 13.1 Å². The lowest BCUT2D eigenvalue weighted by Crippen LogP contribution is -2.42. The lowest BCUT2D eigenvalue weighted by atomic mass is 9.80. The summed E-state index contributed by atoms with van der Waals surface area (Å²) < 4.78 is 0. The third kappa shape index (κ3) is 7.78. The highest BCUT2D eigenvalue weighted by molar-refractivity contribution is 5.40. The summed E-state index contributed by atoms with van der Waals surface area (Å²) in [6.07, 6.45) is 2.27. The fraction of sp³-hybridized carbons (Fsp3) is 0.769. The molecule has 0 bridgehead atoms. The summed E-state index contributed by atoms with van der Waals surface area (Å²) in [4.78, 5) is 6.59. The first-order valence-corrected chi connectivity index (χ1v) is 11.1. The molecule has 0 fully saturated rings. The smallest absolute Gasteiger partial charge is 0.148 e. The summed E-state index contributed by atoms with van der Waals surface area (Å²) >= 11 is 0. The Kier molecular flexibility index (Phi) is 7.84. The molecule has 0 atom stereocenters. The Morgan fingerprint density at radius 3 is 1.29 bits per heavy atom. The Morgan fingerprint density at radius 2 is 1.00 bits per heavy atom. The third-order valence-corrected chi connectivity index (χ3v) is 6.00. The van der Waals surface area contributed by atoms with Crippen molar-refractivity contribution in [2.45, 2.75) is 107 Å². The maximum atomic E-state index is 6.59. The van der Waals surface area contributed by atoms with Crippen LogP contribution in [-0.4, -0.2) is 18.2 Å². The highest BCUT2D eigenvalue weighted by Gasteiger charge is 2.28. The van der Waals surface area contributed by atoms with Crippen LogP contribution in [0.5, 0.6) is 5.75 Å². The SMILES string of the molecule is CCC(C)(C)CN(CC(C)(C)CC)Oc1cc(C(C)(C)C)cc(C(C)(C)C)c1. The molecule has 1 rings (SSSR count). The molecule has 0 saturated carbocycles. The van der Waals surface area contributed by atoms with Gasteiger partial charge in [0.1, 0.15) is 5.75 Å². The third-order valence-electron chi connectivity index (χ3n) is 6.00. The molecule has 0 N–H and O–H groups in total. The number of rotatable bonds is 8. The van der Waals surface area contributed by atoms with E-state index in [2.05, 4.69) is 106 Å². The van der Waals surface area contributed by atoms with Crippen molar-refractivity contribution in [3.63, 3.8) is 0 Å². The van der Waals surface area contributed by atoms with Crippen molar-refractivity contribution in [2.24, 2.45) is 10.8 Å². The van der Waals surface area contributed by atoms with Crippen LogP contribution in [0.4, 0.5) is 0 Å². The minimum atomic E-state index is 0.0928. The highest BCUT2D eigenvalue weighted by Crippen LogP contribution is 2.34. The van der Waals surface area contributed by atoms with E-state index in [4.69, 9.17) is 4.84 Å². The van der Waals surface area contributed by atoms with Crippen LogP contribution in [0.1, 0.15) is 107 Å². The molecule has 0 aliphatic heterocycles. The summed E-state index contributed by atoms with van der Waals surface area (Å²) in [6, 6.07) is 6.82. The standard InChI is InChI=1S/C26H47NO/c1-13-25(9,10)18-27(19-26(11,12)14-2)28-22-16-20(23(3,4)5)15-21(17-22)24(6,7)8/h15-17H,13-14,18-19H2,1-12H3. The van der Waals surface area contributed by atoms with Gasteiger partial charge in [-0.15, -0.1) is 5.06 Å². The Bertz CT molecular complexity index is 579. The van der Waals surface area contributed by atoms with Gasteiger partial charge >= 0.3 is 0 Å². The number of hydroxylamine groups is 2. The number of hydrogen-bond donors (Lipinski definition) is 0. The van der Waals surface area contributed by atoms with Crippen molar-refractivity contribution < 1.29 is 4.84 Å². The monoisotopic (exact) mass is 389 g/mol. The van der Waals surface area contributed by atoms with Gasteiger partial charge in [-0.3, -0.25) is 0 Å². The molecule has 2 heteroatoms. The molecular formula is C26H47NO. The van der Waals surface area contributed by atoms with Gasteiger partial charge in [0.25, 0.3) is 0 Å². The molecule has 0 heterocycles. The van der Waals surface area contributed by atoms with E-state index in [0.29, 0.717) is 0 Å². The normalized spacial score (nSPS) is 13.9. The van der Waals surface area contributed by atoms with Crippen LogP contribution in [0.2, 0.25) is 0 Å². The molecule has 0 amide bonds. The first kappa shape index (κ1) is 25.0. The zero-order chi connectivity index (χ0) is 22.0. The fourth-order valence-corrected chi connectivity index (χ4v) is 2.97. The molecule has 0 saturated heterocycles. The molecule has 0 unspecified atom stereocenters. The maximum absolute atomic E-state index is 6.59. The molecule has 2 nitrogen and oxygen atoms in total. The average molecular weight is 390 g/mol. The minimum Gasteiger partial charge on any atom is -0.406 e. The molecule has 0 aliphatic carbocycles. The summed E-state index contributed by atoms with van der Waals surface area (Å²) in [5.41, 5.74) is 3.29. The number of benzene rings is 1. The van der Waals surface area contributed by atoms with Crippen LogP contribution in [-0.2, 0) is 10.8 Å². The molecule has 1 aromatic rings. The van der Waals surface area contributed by atoms with Gasteiger partial charge in [-0.25, -0.2) is 0 Å². The second-order valence-corrected chi connectivity index (χ2v) is 12.2. The van der Waals surface area contributed by atoms with Gasteiger partial charge in [0, 0.05) is 13.1 Å². The van der Waals surface area contributed by atoms with Crippen LogP contribution in [0.15, 0.2) is 18.2 Å². The van der Waals surface area contributed by atoms with E-state index < -0.39 is 0 Å². The van der Waals surface area contributed by atoms with E-state index >= 15 is 0 Å². The predicted octanol–water partition coefficient (Wildman–Crippen LogP) is 7.75. The van der Waals surface area contributed by atoms with Crippen LogP contribution in [0.3, 0.4) is 0 Å². The first-order valence-electron chi connectivity index (χ1n) is 11.1. The van der Waals surface area contributed by atoms with Crippen molar-refractivity contribution in [3.8, 4) is 5.75 Å². The largest absolute Gasteiger partial charge is 0.406 e. The number of nitrogens with zero attached hydrogens (tertiary/aromatic N) is 1. The van der Waals surface area contributed by atoms with E-state index in [1.165, 1.54) is 11.1 Å². The van der Waals surface area contributed by atoms with E-state index in [1.807, 2.05) is 0 Å². The Balaban J connectivity index is 3.32. The molecule has 0 aliphatic rings. The fourth-order valence-electron chi connectivity index (χ4n) is 2.97. The maximum Gasteiger partial charge on any atom is 0.148 e. The Morgan fingerprint density at radius 1 is 0.643 bits per heavy atom. The summed E-state index contributed by atoms with van der Waals surface area (Å²) in [6.45, 7) is 29.3. The van der Waals surface area contributed by atoms with Gasteiger partial charge in [-0.05, 0) is 57.8 Å². The minimum absolute atomic E-state index is 0.0928. The lowest BCUT2D eigenvalue weighted by molar-refractivity contribution is -0.105. The second-order valence-electron chi connectivity index (χ2n) is 12.2. The topological polar surface area (TPSA) is 12.5 Å². The van der Waals surface area contributed by atoms with Crippen LogP contribution in [0, 0.1) is 10.8 Å². The molecular weight excluding hydrogens is 342 g/mol. The molecule has 162 valence electrons. The van der Waals surface area contributed by atoms with Crippen LogP contribution >= 0.6 is 0 Å². The predicted molar refractivity (Wildman–Crippen MR) is 124 cm³/mol. The van der Waals surface area contributed by atoms with Gasteiger partial charge in [-0.2, -0.15) is 0 Å². The first-order chi connectivity index (χ1) is 12.5. The van der Waals surface area contributed by atoms with Crippen molar-refractivity contribution in [3.05, 3.63) is 29.3 Å². The Hall–Kier alpha value is -1.02. The molecule has 0 aromatic heterocycles. The molecule has 28 heavy (non-hydrogen) atoms. The lowest BCUT2D eigenvalue weighted by Gasteiger charge is -2.36. The Labute approximate surface area is 176 Å². The summed E-state index contributed by atoms with van der Waals surface area (Å²) in [5, 5.41) is 2.21. The molecule has 0 spiro atoms. The van der Waals surface area contributed by atoms with Crippen LogP contribution < -0.4 is 4.84 Å². The van der Waals surface area contributed by atoms with Crippen molar-refractivity contribution in [1.82, 2.24) is 5.06 Å². The number of hydrogen-bond acceptors (Lipinski definition) is 2. The van der Waals surface area contributed by atoms with Gasteiger partial charge in [0.15, 0.2) is 0 Å². The molecule has 0 radical (unpaired) electrons. The van der Waals surface area contributed by atoms with Gasteiger partial charge in [0.05, 0.1) is 0 Å². The molecule has 1 aromatic carbocycles. The zero-order valence-corrected chi connectivity index (χ0v) is 20.9. The van der Waals surface area contributed by atoms with Crippen LogP contribution in [0.25, 0.3) is 0 Å². The van der Waals surface area contributed by atoms with Gasteiger partial charge < -0.3 is 4.84 Å². The van der Waals surface area contributed by atoms with E-state index in [1.54, 1.807) is 0 Å². The summed E-state index contributed by atoms with van der Waals surface area (Å²) in [7, 11) is 0. The van der Waals surface area contributed by atoms with Crippen molar-refractivity contribution in [1.29, 1.82) is 0 Å². The van der Waals surface area contributed by atoms with Gasteiger partial charge in [0.2, 0.25) is 0 Å². The highest BCUT2D eigenvalue weighted by atomic mass is 16.7.